The monoisotopic (exact) mass is 237 g/mol. The second kappa shape index (κ2) is 3.85. The van der Waals surface area contributed by atoms with Crippen LogP contribution in [0, 0.1) is 0 Å². The molecule has 2 heterocycles. The van der Waals surface area contributed by atoms with E-state index in [0.717, 1.165) is 0 Å². The summed E-state index contributed by atoms with van der Waals surface area (Å²) in [5, 5.41) is 0. The zero-order valence-corrected chi connectivity index (χ0v) is 10.0. The lowest BCUT2D eigenvalue weighted by Gasteiger charge is -2.07. The van der Waals surface area contributed by atoms with Crippen LogP contribution in [0.2, 0.25) is 0 Å². The zero-order chi connectivity index (χ0) is 12.7. The molecule has 0 saturated heterocycles. The van der Waals surface area contributed by atoms with Crippen LogP contribution in [-0.2, 0) is 13.6 Å². The largest absolute Gasteiger partial charge is 0.329 e. The molecule has 0 amide bonds. The molecular formula is C10H15N5O2. The first kappa shape index (κ1) is 11.6. The predicted molar refractivity (Wildman–Crippen MR) is 63.9 cm³/mol. The van der Waals surface area contributed by atoms with E-state index >= 15 is 0 Å². The van der Waals surface area contributed by atoms with Crippen molar-refractivity contribution >= 4 is 11.2 Å². The highest BCUT2D eigenvalue weighted by atomic mass is 16.2. The van der Waals surface area contributed by atoms with E-state index in [9.17, 15) is 9.59 Å². The van der Waals surface area contributed by atoms with Crippen molar-refractivity contribution in [1.29, 1.82) is 0 Å². The van der Waals surface area contributed by atoms with Crippen LogP contribution in [0.1, 0.15) is 25.7 Å². The van der Waals surface area contributed by atoms with Crippen molar-refractivity contribution in [3.63, 3.8) is 0 Å². The number of imidazole rings is 1. The molecule has 1 unspecified atom stereocenters. The van der Waals surface area contributed by atoms with Gasteiger partial charge in [0.2, 0.25) is 0 Å². The molecule has 17 heavy (non-hydrogen) atoms. The van der Waals surface area contributed by atoms with Gasteiger partial charge in [0, 0.05) is 13.6 Å². The number of hydrogen-bond acceptors (Lipinski definition) is 4. The van der Waals surface area contributed by atoms with Crippen molar-refractivity contribution in [2.24, 2.45) is 12.8 Å². The van der Waals surface area contributed by atoms with Crippen LogP contribution in [0.5, 0.6) is 0 Å². The molecule has 7 nitrogen and oxygen atoms in total. The Labute approximate surface area is 96.9 Å². The minimum absolute atomic E-state index is 0.295. The summed E-state index contributed by atoms with van der Waals surface area (Å²) < 4.78 is 3.05. The highest BCUT2D eigenvalue weighted by Gasteiger charge is 2.17. The van der Waals surface area contributed by atoms with Gasteiger partial charge in [-0.15, -0.1) is 0 Å². The Morgan fingerprint density at radius 3 is 2.65 bits per heavy atom. The van der Waals surface area contributed by atoms with E-state index < -0.39 is 11.2 Å². The van der Waals surface area contributed by atoms with Crippen molar-refractivity contribution in [2.45, 2.75) is 26.4 Å². The SMILES string of the molecule is CCn1c(C(C)N)nc2c1c(=O)[nH]c(=O)n2C. The first-order valence-electron chi connectivity index (χ1n) is 5.42. The van der Waals surface area contributed by atoms with Crippen LogP contribution in [0.15, 0.2) is 9.59 Å². The number of fused-ring (bicyclic) bond motifs is 1. The van der Waals surface area contributed by atoms with Crippen molar-refractivity contribution in [3.8, 4) is 0 Å². The number of aromatic nitrogens is 4. The van der Waals surface area contributed by atoms with E-state index in [2.05, 4.69) is 9.97 Å². The summed E-state index contributed by atoms with van der Waals surface area (Å²) in [4.78, 5) is 29.8. The maximum absolute atomic E-state index is 11.8. The van der Waals surface area contributed by atoms with E-state index in [1.165, 1.54) is 4.57 Å². The summed E-state index contributed by atoms with van der Waals surface area (Å²) in [5.74, 6) is 0.606. The molecule has 3 N–H and O–H groups in total. The molecule has 92 valence electrons. The lowest BCUT2D eigenvalue weighted by Crippen LogP contribution is -2.29. The topological polar surface area (TPSA) is 98.7 Å². The van der Waals surface area contributed by atoms with Crippen LogP contribution in [0.3, 0.4) is 0 Å². The Balaban J connectivity index is 3.01. The molecule has 0 aliphatic carbocycles. The van der Waals surface area contributed by atoms with Gasteiger partial charge >= 0.3 is 5.69 Å². The fourth-order valence-electron chi connectivity index (χ4n) is 1.92. The van der Waals surface area contributed by atoms with Crippen LogP contribution in [-0.4, -0.2) is 19.1 Å². The quantitative estimate of drug-likeness (QED) is 0.733. The summed E-state index contributed by atoms with van der Waals surface area (Å²) in [6, 6.07) is -0.295. The number of hydrogen-bond donors (Lipinski definition) is 2. The smallest absolute Gasteiger partial charge is 0.322 e. The summed E-state index contributed by atoms with van der Waals surface area (Å²) in [6.07, 6.45) is 0. The molecule has 0 aromatic carbocycles. The van der Waals surface area contributed by atoms with Crippen LogP contribution in [0.25, 0.3) is 11.2 Å². The van der Waals surface area contributed by atoms with E-state index in [0.29, 0.717) is 23.5 Å². The van der Waals surface area contributed by atoms with Crippen molar-refractivity contribution < 1.29 is 0 Å². The second-order valence-corrected chi connectivity index (χ2v) is 3.99. The Kier molecular flexibility index (Phi) is 2.62. The van der Waals surface area contributed by atoms with E-state index in [1.807, 2.05) is 6.92 Å². The number of rotatable bonds is 2. The lowest BCUT2D eigenvalue weighted by atomic mass is 10.3. The fraction of sp³-hybridized carbons (Fsp3) is 0.500. The molecule has 0 bridgehead atoms. The van der Waals surface area contributed by atoms with Gasteiger partial charge in [0.05, 0.1) is 6.04 Å². The third-order valence-electron chi connectivity index (χ3n) is 2.76. The fourth-order valence-corrected chi connectivity index (χ4v) is 1.92. The second-order valence-electron chi connectivity index (χ2n) is 3.99. The highest BCUT2D eigenvalue weighted by molar-refractivity contribution is 5.70. The molecule has 0 aliphatic rings. The van der Waals surface area contributed by atoms with Crippen molar-refractivity contribution in [3.05, 3.63) is 26.7 Å². The standard InChI is InChI=1S/C10H15N5O2/c1-4-15-6-8(12-7(15)5(2)11)14(3)10(17)13-9(6)16/h5H,4,11H2,1-3H3,(H,13,16,17). The maximum atomic E-state index is 11.8. The first-order valence-corrected chi connectivity index (χ1v) is 5.42. The van der Waals surface area contributed by atoms with Crippen molar-refractivity contribution in [1.82, 2.24) is 19.1 Å². The van der Waals surface area contributed by atoms with Crippen LogP contribution >= 0.6 is 0 Å². The summed E-state index contributed by atoms with van der Waals surface area (Å²) in [7, 11) is 1.57. The summed E-state index contributed by atoms with van der Waals surface area (Å²) in [5.41, 5.74) is 5.67. The summed E-state index contributed by atoms with van der Waals surface area (Å²) >= 11 is 0. The normalized spacial score (nSPS) is 13.2. The number of aromatic amines is 1. The van der Waals surface area contributed by atoms with Gasteiger partial charge in [0.15, 0.2) is 11.2 Å². The van der Waals surface area contributed by atoms with Gasteiger partial charge in [-0.1, -0.05) is 0 Å². The summed E-state index contributed by atoms with van der Waals surface area (Å²) in [6.45, 7) is 4.27. The minimum atomic E-state index is -0.473. The molecule has 0 spiro atoms. The molecule has 0 radical (unpaired) electrons. The molecule has 2 rings (SSSR count). The van der Waals surface area contributed by atoms with Crippen molar-refractivity contribution in [2.75, 3.05) is 0 Å². The highest BCUT2D eigenvalue weighted by Crippen LogP contribution is 2.15. The molecule has 2 aromatic heterocycles. The Morgan fingerprint density at radius 2 is 2.12 bits per heavy atom. The average Bonchev–Trinajstić information content (AvgIpc) is 2.65. The predicted octanol–water partition coefficient (Wildman–Crippen LogP) is -0.537. The molecule has 0 saturated carbocycles. The van der Waals surface area contributed by atoms with Gasteiger partial charge in [0.25, 0.3) is 5.56 Å². The Morgan fingerprint density at radius 1 is 1.47 bits per heavy atom. The minimum Gasteiger partial charge on any atom is -0.322 e. The molecular weight excluding hydrogens is 222 g/mol. The molecule has 7 heteroatoms. The average molecular weight is 237 g/mol. The third-order valence-corrected chi connectivity index (χ3v) is 2.76. The first-order chi connectivity index (χ1) is 7.97. The number of aryl methyl sites for hydroxylation is 2. The van der Waals surface area contributed by atoms with E-state index in [4.69, 9.17) is 5.73 Å². The molecule has 2 aromatic rings. The number of nitrogens with two attached hydrogens (primary N) is 1. The molecule has 1 atom stereocenters. The van der Waals surface area contributed by atoms with Crippen LogP contribution < -0.4 is 17.0 Å². The third kappa shape index (κ3) is 1.59. The molecule has 0 aliphatic heterocycles. The molecule has 0 fully saturated rings. The van der Waals surface area contributed by atoms with E-state index in [-0.39, 0.29) is 6.04 Å². The lowest BCUT2D eigenvalue weighted by molar-refractivity contribution is 0.648. The number of nitrogens with one attached hydrogen (secondary N) is 1. The Bertz CT molecular complexity index is 676. The van der Waals surface area contributed by atoms with Gasteiger partial charge in [-0.05, 0) is 13.8 Å². The van der Waals surface area contributed by atoms with Gasteiger partial charge < -0.3 is 10.3 Å². The Hall–Kier alpha value is -1.89. The van der Waals surface area contributed by atoms with Crippen LogP contribution in [0.4, 0.5) is 0 Å². The number of H-pyrrole nitrogens is 1. The van der Waals surface area contributed by atoms with Gasteiger partial charge in [-0.3, -0.25) is 14.3 Å². The number of nitrogens with zero attached hydrogens (tertiary/aromatic N) is 3. The van der Waals surface area contributed by atoms with Gasteiger partial charge in [-0.2, -0.15) is 0 Å². The van der Waals surface area contributed by atoms with E-state index in [1.54, 1.807) is 18.5 Å². The zero-order valence-electron chi connectivity index (χ0n) is 10.0. The maximum Gasteiger partial charge on any atom is 0.329 e. The van der Waals surface area contributed by atoms with Gasteiger partial charge in [0.1, 0.15) is 5.82 Å². The van der Waals surface area contributed by atoms with Gasteiger partial charge in [-0.25, -0.2) is 9.78 Å².